The van der Waals surface area contributed by atoms with Gasteiger partial charge in [0.25, 0.3) is 0 Å². The number of nitrogen functional groups attached to an aromatic ring is 1. The van der Waals surface area contributed by atoms with Gasteiger partial charge in [0.15, 0.2) is 11.6 Å². The van der Waals surface area contributed by atoms with Crippen molar-refractivity contribution in [2.45, 2.75) is 25.1 Å². The van der Waals surface area contributed by atoms with E-state index in [0.29, 0.717) is 12.0 Å². The Morgan fingerprint density at radius 3 is 2.50 bits per heavy atom. The van der Waals surface area contributed by atoms with Crippen LogP contribution < -0.4 is 16.0 Å². The van der Waals surface area contributed by atoms with Gasteiger partial charge in [0.1, 0.15) is 17.8 Å². The molecule has 7 nitrogen and oxygen atoms in total. The number of nitrogens with two attached hydrogens (primary N) is 1. The summed E-state index contributed by atoms with van der Waals surface area (Å²) in [6.07, 6.45) is -0.515. The van der Waals surface area contributed by atoms with Gasteiger partial charge in [-0.15, -0.1) is 0 Å². The number of hydrogen-bond acceptors (Lipinski definition) is 7. The van der Waals surface area contributed by atoms with E-state index in [0.717, 1.165) is 32.0 Å². The minimum absolute atomic E-state index is 0.0351. The van der Waals surface area contributed by atoms with E-state index in [1.54, 1.807) is 0 Å². The summed E-state index contributed by atoms with van der Waals surface area (Å²) in [4.78, 5) is 16.4. The molecule has 3 rings (SSSR count). The molecule has 1 aliphatic rings. The number of nitrogens with one attached hydrogen (secondary N) is 1. The van der Waals surface area contributed by atoms with Gasteiger partial charge in [-0.25, -0.2) is 15.0 Å². The molecule has 1 aliphatic heterocycles. The first kappa shape index (κ1) is 20.4. The van der Waals surface area contributed by atoms with Crippen LogP contribution in [0.2, 0.25) is 5.02 Å². The molecule has 2 aromatic rings. The molecule has 1 saturated heterocycles. The van der Waals surface area contributed by atoms with E-state index in [9.17, 15) is 13.2 Å². The van der Waals surface area contributed by atoms with Crippen LogP contribution in [0.4, 0.5) is 36.3 Å². The Bertz CT molecular complexity index is 838. The van der Waals surface area contributed by atoms with Crippen molar-refractivity contribution in [1.82, 2.24) is 19.9 Å². The number of halogens is 4. The summed E-state index contributed by atoms with van der Waals surface area (Å²) >= 11 is 5.95. The van der Waals surface area contributed by atoms with Crippen molar-refractivity contribution in [3.05, 3.63) is 29.2 Å². The number of likely N-dealkylation sites (tertiary alicyclic amines) is 1. The van der Waals surface area contributed by atoms with Crippen LogP contribution in [-0.4, -0.2) is 53.1 Å². The number of aromatic nitrogens is 3. The van der Waals surface area contributed by atoms with Crippen LogP contribution in [-0.2, 0) is 6.18 Å². The predicted octanol–water partition coefficient (Wildman–Crippen LogP) is 3.40. The lowest BCUT2D eigenvalue weighted by Gasteiger charge is -2.36. The Morgan fingerprint density at radius 1 is 1.21 bits per heavy atom. The standard InChI is InChI=1S/C17H21ClF3N7/c1-27-5-3-11(4-6-27)28(2)16-13(22)15(24-9-25-16)26-14-12(18)7-10(8-23-14)17(19,20)21/h7-9,11H,3-6,22H2,1-2H3,(H,23,24,25,26). The lowest BCUT2D eigenvalue weighted by Crippen LogP contribution is -2.42. The number of piperidine rings is 1. The minimum Gasteiger partial charge on any atom is -0.393 e. The molecule has 0 aliphatic carbocycles. The van der Waals surface area contributed by atoms with Crippen molar-refractivity contribution in [3.63, 3.8) is 0 Å². The second kappa shape index (κ2) is 7.96. The second-order valence-electron chi connectivity index (χ2n) is 6.78. The predicted molar refractivity (Wildman–Crippen MR) is 103 cm³/mol. The molecule has 0 radical (unpaired) electrons. The van der Waals surface area contributed by atoms with E-state index >= 15 is 0 Å². The second-order valence-corrected chi connectivity index (χ2v) is 7.19. The molecule has 3 N–H and O–H groups in total. The third-order valence-electron chi connectivity index (χ3n) is 4.84. The van der Waals surface area contributed by atoms with Crippen molar-refractivity contribution in [1.29, 1.82) is 0 Å². The fourth-order valence-corrected chi connectivity index (χ4v) is 3.33. The average molecular weight is 416 g/mol. The lowest BCUT2D eigenvalue weighted by molar-refractivity contribution is -0.137. The Morgan fingerprint density at radius 2 is 1.89 bits per heavy atom. The largest absolute Gasteiger partial charge is 0.417 e. The van der Waals surface area contributed by atoms with Crippen LogP contribution in [0, 0.1) is 0 Å². The first-order valence-electron chi connectivity index (χ1n) is 8.68. The van der Waals surface area contributed by atoms with E-state index < -0.39 is 11.7 Å². The molecule has 152 valence electrons. The van der Waals surface area contributed by atoms with Gasteiger partial charge in [-0.05, 0) is 39.0 Å². The molecule has 0 bridgehead atoms. The normalized spacial score (nSPS) is 16.2. The molecule has 1 fully saturated rings. The number of alkyl halides is 3. The van der Waals surface area contributed by atoms with E-state index in [-0.39, 0.29) is 28.4 Å². The summed E-state index contributed by atoms with van der Waals surface area (Å²) in [5.41, 5.74) is 5.57. The highest BCUT2D eigenvalue weighted by atomic mass is 35.5. The van der Waals surface area contributed by atoms with Crippen LogP contribution in [0.25, 0.3) is 0 Å². The van der Waals surface area contributed by atoms with Crippen LogP contribution in [0.5, 0.6) is 0 Å². The van der Waals surface area contributed by atoms with Crippen LogP contribution in [0.1, 0.15) is 18.4 Å². The number of anilines is 4. The van der Waals surface area contributed by atoms with Gasteiger partial charge in [0.05, 0.1) is 10.6 Å². The molecule has 0 aromatic carbocycles. The molecule has 0 saturated carbocycles. The van der Waals surface area contributed by atoms with Crippen LogP contribution in [0.15, 0.2) is 18.6 Å². The summed E-state index contributed by atoms with van der Waals surface area (Å²) in [6, 6.07) is 1.09. The maximum atomic E-state index is 12.8. The van der Waals surface area contributed by atoms with Gasteiger partial charge < -0.3 is 20.9 Å². The zero-order chi connectivity index (χ0) is 20.5. The molecule has 11 heteroatoms. The van der Waals surface area contributed by atoms with Gasteiger partial charge >= 0.3 is 6.18 Å². The summed E-state index contributed by atoms with van der Waals surface area (Å²) in [5, 5.41) is 2.62. The number of nitrogens with zero attached hydrogens (tertiary/aromatic N) is 5. The van der Waals surface area contributed by atoms with Crippen molar-refractivity contribution >= 4 is 34.7 Å². The number of rotatable bonds is 4. The Kier molecular flexibility index (Phi) is 5.80. The highest BCUT2D eigenvalue weighted by Gasteiger charge is 2.31. The monoisotopic (exact) mass is 415 g/mol. The molecule has 0 atom stereocenters. The quantitative estimate of drug-likeness (QED) is 0.791. The van der Waals surface area contributed by atoms with Crippen LogP contribution in [0.3, 0.4) is 0 Å². The topological polar surface area (TPSA) is 83.2 Å². The van der Waals surface area contributed by atoms with Crippen molar-refractivity contribution in [2.24, 2.45) is 0 Å². The molecule has 0 unspecified atom stereocenters. The first-order chi connectivity index (χ1) is 13.2. The van der Waals surface area contributed by atoms with Gasteiger partial charge in [-0.3, -0.25) is 0 Å². The maximum absolute atomic E-state index is 12.8. The smallest absolute Gasteiger partial charge is 0.393 e. The highest BCUT2D eigenvalue weighted by Crippen LogP contribution is 2.35. The zero-order valence-electron chi connectivity index (χ0n) is 15.5. The van der Waals surface area contributed by atoms with E-state index in [2.05, 4.69) is 32.2 Å². The third-order valence-corrected chi connectivity index (χ3v) is 5.13. The lowest BCUT2D eigenvalue weighted by atomic mass is 10.0. The van der Waals surface area contributed by atoms with Crippen molar-refractivity contribution in [3.8, 4) is 0 Å². The Labute approximate surface area is 165 Å². The first-order valence-corrected chi connectivity index (χ1v) is 9.06. The summed E-state index contributed by atoms with van der Waals surface area (Å²) in [5.74, 6) is 0.821. The molecule has 0 amide bonds. The fourth-order valence-electron chi connectivity index (χ4n) is 3.12. The molecule has 3 heterocycles. The van der Waals surface area contributed by atoms with Gasteiger partial charge in [-0.1, -0.05) is 11.6 Å². The van der Waals surface area contributed by atoms with E-state index in [1.165, 1.54) is 6.33 Å². The van der Waals surface area contributed by atoms with Crippen LogP contribution >= 0.6 is 11.6 Å². The minimum atomic E-state index is -4.52. The fraction of sp³-hybridized carbons (Fsp3) is 0.471. The molecule has 28 heavy (non-hydrogen) atoms. The molecule has 0 spiro atoms. The number of pyridine rings is 1. The maximum Gasteiger partial charge on any atom is 0.417 e. The summed E-state index contributed by atoms with van der Waals surface area (Å²) in [6.45, 7) is 1.96. The molecular weight excluding hydrogens is 395 g/mol. The SMILES string of the molecule is CN1CCC(N(C)c2ncnc(Nc3ncc(C(F)(F)F)cc3Cl)c2N)CC1. The zero-order valence-corrected chi connectivity index (χ0v) is 16.2. The van der Waals surface area contributed by atoms with Gasteiger partial charge in [0, 0.05) is 19.3 Å². The Balaban J connectivity index is 1.82. The molecule has 2 aromatic heterocycles. The van der Waals surface area contributed by atoms with Crippen molar-refractivity contribution < 1.29 is 13.2 Å². The van der Waals surface area contributed by atoms with E-state index in [1.807, 2.05) is 11.9 Å². The van der Waals surface area contributed by atoms with Crippen molar-refractivity contribution in [2.75, 3.05) is 43.1 Å². The molecular formula is C17H21ClF3N7. The highest BCUT2D eigenvalue weighted by molar-refractivity contribution is 6.33. The summed E-state index contributed by atoms with van der Waals surface area (Å²) < 4.78 is 38.3. The average Bonchev–Trinajstić information content (AvgIpc) is 2.64. The Hall–Kier alpha value is -2.33. The third kappa shape index (κ3) is 4.39. The van der Waals surface area contributed by atoms with Gasteiger partial charge in [-0.2, -0.15) is 13.2 Å². The van der Waals surface area contributed by atoms with Gasteiger partial charge in [0.2, 0.25) is 0 Å². The number of hydrogen-bond donors (Lipinski definition) is 2. The summed E-state index contributed by atoms with van der Waals surface area (Å²) in [7, 11) is 4.00. The van der Waals surface area contributed by atoms with E-state index in [4.69, 9.17) is 17.3 Å².